The van der Waals surface area contributed by atoms with E-state index in [0.29, 0.717) is 18.2 Å². The van der Waals surface area contributed by atoms with Crippen molar-refractivity contribution in [2.45, 2.75) is 64.8 Å². The molecule has 0 bridgehead atoms. The van der Waals surface area contributed by atoms with Crippen LogP contribution in [0.25, 0.3) is 0 Å². The summed E-state index contributed by atoms with van der Waals surface area (Å²) in [5.41, 5.74) is -1.21. The Kier molecular flexibility index (Phi) is 6.02. The van der Waals surface area contributed by atoms with Crippen LogP contribution >= 0.6 is 0 Å². The maximum Gasteiger partial charge on any atom is 0.313 e. The van der Waals surface area contributed by atoms with Crippen molar-refractivity contribution in [2.24, 2.45) is 16.7 Å². The molecule has 1 aromatic rings. The summed E-state index contributed by atoms with van der Waals surface area (Å²) in [4.78, 5) is 13.7. The minimum Gasteiger partial charge on any atom is -0.481 e. The van der Waals surface area contributed by atoms with Gasteiger partial charge >= 0.3 is 5.97 Å². The van der Waals surface area contributed by atoms with Gasteiger partial charge in [0.05, 0.1) is 17.7 Å². The van der Waals surface area contributed by atoms with Crippen molar-refractivity contribution >= 4 is 5.97 Å². The van der Waals surface area contributed by atoms with E-state index in [1.165, 1.54) is 0 Å². The van der Waals surface area contributed by atoms with E-state index in [-0.39, 0.29) is 13.0 Å². The van der Waals surface area contributed by atoms with E-state index in [9.17, 15) is 23.8 Å². The summed E-state index contributed by atoms with van der Waals surface area (Å²) in [7, 11) is 0. The molecule has 0 radical (unpaired) electrons. The minimum absolute atomic E-state index is 0.211. The van der Waals surface area contributed by atoms with E-state index in [4.69, 9.17) is 0 Å². The van der Waals surface area contributed by atoms with Crippen molar-refractivity contribution in [1.82, 2.24) is 19.9 Å². The molecule has 1 saturated heterocycles. The molecule has 164 valence electrons. The molecule has 1 aromatic heterocycles. The summed E-state index contributed by atoms with van der Waals surface area (Å²) in [6, 6.07) is 0. The van der Waals surface area contributed by atoms with Gasteiger partial charge in [-0.15, -0.1) is 5.10 Å². The van der Waals surface area contributed by atoms with Crippen molar-refractivity contribution in [3.63, 3.8) is 0 Å². The summed E-state index contributed by atoms with van der Waals surface area (Å²) in [6.07, 6.45) is 4.25. The highest BCUT2D eigenvalue weighted by Crippen LogP contribution is 2.60. The number of aryl methyl sites for hydroxylation is 1. The number of rotatable bonds is 8. The van der Waals surface area contributed by atoms with Gasteiger partial charge in [-0.3, -0.25) is 9.48 Å². The Hall–Kier alpha value is -1.61. The second kappa shape index (κ2) is 7.91. The third-order valence-electron chi connectivity index (χ3n) is 6.48. The van der Waals surface area contributed by atoms with Crippen LogP contribution in [-0.2, 0) is 11.3 Å². The first kappa shape index (κ1) is 22.1. The predicted molar refractivity (Wildman–Crippen MR) is 103 cm³/mol. The van der Waals surface area contributed by atoms with Gasteiger partial charge in [-0.1, -0.05) is 26.0 Å². The number of halogens is 2. The lowest BCUT2D eigenvalue weighted by Gasteiger charge is -2.34. The molecule has 2 N–H and O–H groups in total. The molecule has 1 aliphatic carbocycles. The lowest BCUT2D eigenvalue weighted by molar-refractivity contribution is -0.141. The Labute approximate surface area is 170 Å². The van der Waals surface area contributed by atoms with Gasteiger partial charge in [0.25, 0.3) is 5.92 Å². The van der Waals surface area contributed by atoms with Gasteiger partial charge in [0, 0.05) is 25.7 Å². The number of hydrogen-bond donors (Lipinski definition) is 2. The van der Waals surface area contributed by atoms with Crippen LogP contribution in [0.1, 0.15) is 58.1 Å². The second-order valence-electron chi connectivity index (χ2n) is 9.87. The van der Waals surface area contributed by atoms with Gasteiger partial charge in [0.1, 0.15) is 5.92 Å². The Bertz CT molecular complexity index is 726. The number of carboxylic acids is 1. The highest BCUT2D eigenvalue weighted by molar-refractivity contribution is 5.76. The number of piperidine rings is 1. The highest BCUT2D eigenvalue weighted by atomic mass is 19.3. The molecule has 2 atom stereocenters. The Balaban J connectivity index is 1.47. The van der Waals surface area contributed by atoms with Crippen molar-refractivity contribution in [2.75, 3.05) is 26.2 Å². The van der Waals surface area contributed by atoms with E-state index in [2.05, 4.69) is 10.3 Å². The molecule has 2 heterocycles. The molecule has 2 aliphatic rings. The normalized spacial score (nSPS) is 26.4. The van der Waals surface area contributed by atoms with E-state index in [1.54, 1.807) is 10.9 Å². The predicted octanol–water partition coefficient (Wildman–Crippen LogP) is 2.61. The maximum atomic E-state index is 13.5. The van der Waals surface area contributed by atoms with Crippen molar-refractivity contribution in [3.8, 4) is 0 Å². The fourth-order valence-corrected chi connectivity index (χ4v) is 4.45. The number of alkyl halides is 2. The molecule has 0 aromatic carbocycles. The molecule has 3 rings (SSSR count). The van der Waals surface area contributed by atoms with E-state index >= 15 is 0 Å². The van der Waals surface area contributed by atoms with Crippen molar-refractivity contribution in [3.05, 3.63) is 11.9 Å². The largest absolute Gasteiger partial charge is 0.481 e. The minimum atomic E-state index is -2.73. The topological polar surface area (TPSA) is 91.5 Å². The third-order valence-corrected chi connectivity index (χ3v) is 6.48. The molecular formula is C20H32F2N4O3. The molecule has 0 spiro atoms. The van der Waals surface area contributed by atoms with E-state index < -0.39 is 35.2 Å². The van der Waals surface area contributed by atoms with Gasteiger partial charge in [0.2, 0.25) is 0 Å². The monoisotopic (exact) mass is 414 g/mol. The zero-order valence-electron chi connectivity index (χ0n) is 17.4. The van der Waals surface area contributed by atoms with Crippen LogP contribution < -0.4 is 0 Å². The summed E-state index contributed by atoms with van der Waals surface area (Å²) in [5.74, 6) is -3.87. The van der Waals surface area contributed by atoms with Gasteiger partial charge in [0.15, 0.2) is 0 Å². The van der Waals surface area contributed by atoms with E-state index in [0.717, 1.165) is 32.4 Å². The van der Waals surface area contributed by atoms with Gasteiger partial charge in [-0.25, -0.2) is 8.78 Å². The number of aliphatic hydroxyl groups is 1. The lowest BCUT2D eigenvalue weighted by Crippen LogP contribution is -2.40. The summed E-state index contributed by atoms with van der Waals surface area (Å²) < 4.78 is 28.8. The number of hydrogen-bond acceptors (Lipinski definition) is 5. The third kappa shape index (κ3) is 4.77. The Morgan fingerprint density at radius 2 is 1.97 bits per heavy atom. The standard InChI is InChI=1S/C20H32F2N4O3/c1-18(2,3)16(17(28)29)15-10-26(24-23-15)9-6-14-4-7-25(8-5-14)12-19(13-27)11-20(19,21)22/h10,14,16,27H,4-9,11-13H2,1-3H3,(H,28,29)/t16?,19-/m1/s1. The maximum absolute atomic E-state index is 13.5. The molecular weight excluding hydrogens is 382 g/mol. The second-order valence-corrected chi connectivity index (χ2v) is 9.87. The molecule has 1 unspecified atom stereocenters. The zero-order valence-corrected chi connectivity index (χ0v) is 17.4. The van der Waals surface area contributed by atoms with Gasteiger partial charge < -0.3 is 15.1 Å². The van der Waals surface area contributed by atoms with Crippen LogP contribution in [0.5, 0.6) is 0 Å². The fraction of sp³-hybridized carbons (Fsp3) is 0.850. The average Bonchev–Trinajstić information content (AvgIpc) is 2.94. The number of aliphatic carboxylic acids is 1. The Morgan fingerprint density at radius 1 is 1.34 bits per heavy atom. The van der Waals surface area contributed by atoms with Crippen molar-refractivity contribution in [1.29, 1.82) is 0 Å². The van der Waals surface area contributed by atoms with Crippen molar-refractivity contribution < 1.29 is 23.8 Å². The fourth-order valence-electron chi connectivity index (χ4n) is 4.45. The molecule has 9 heteroatoms. The zero-order chi connectivity index (χ0) is 21.4. The lowest BCUT2D eigenvalue weighted by atomic mass is 9.79. The van der Waals surface area contributed by atoms with Crippen LogP contribution in [0.3, 0.4) is 0 Å². The van der Waals surface area contributed by atoms with Crippen LogP contribution in [0.4, 0.5) is 8.78 Å². The quantitative estimate of drug-likeness (QED) is 0.680. The van der Waals surface area contributed by atoms with Crippen LogP contribution in [0.2, 0.25) is 0 Å². The molecule has 2 fully saturated rings. The molecule has 0 amide bonds. The average molecular weight is 414 g/mol. The van der Waals surface area contributed by atoms with E-state index in [1.807, 2.05) is 25.7 Å². The summed E-state index contributed by atoms with van der Waals surface area (Å²) in [5, 5.41) is 27.1. The van der Waals surface area contributed by atoms with Gasteiger partial charge in [-0.05, 0) is 43.7 Å². The molecule has 7 nitrogen and oxygen atoms in total. The number of nitrogens with zero attached hydrogens (tertiary/aromatic N) is 4. The molecule has 1 aliphatic heterocycles. The Morgan fingerprint density at radius 3 is 2.45 bits per heavy atom. The van der Waals surface area contributed by atoms with Crippen LogP contribution in [0.15, 0.2) is 6.20 Å². The summed E-state index contributed by atoms with van der Waals surface area (Å²) >= 11 is 0. The highest BCUT2D eigenvalue weighted by Gasteiger charge is 2.71. The van der Waals surface area contributed by atoms with Gasteiger partial charge in [-0.2, -0.15) is 0 Å². The van der Waals surface area contributed by atoms with Crippen LogP contribution in [0, 0.1) is 16.7 Å². The summed E-state index contributed by atoms with van der Waals surface area (Å²) in [6.45, 7) is 7.60. The number of aliphatic hydroxyl groups excluding tert-OH is 1. The first-order valence-corrected chi connectivity index (χ1v) is 10.3. The number of likely N-dealkylation sites (tertiary alicyclic amines) is 1. The smallest absolute Gasteiger partial charge is 0.313 e. The first-order chi connectivity index (χ1) is 13.5. The first-order valence-electron chi connectivity index (χ1n) is 10.3. The number of carboxylic acid groups (broad SMARTS) is 1. The van der Waals surface area contributed by atoms with Crippen LogP contribution in [-0.4, -0.2) is 68.2 Å². The number of aromatic nitrogens is 3. The molecule has 29 heavy (non-hydrogen) atoms. The molecule has 1 saturated carbocycles. The SMILES string of the molecule is CC(C)(C)C(C(=O)O)c1cn(CCC2CCN(C[C@@]3(CO)CC3(F)F)CC2)nn1. The number of carbonyl (C=O) groups is 1.